The molecule has 0 aliphatic carbocycles. The van der Waals surface area contributed by atoms with Crippen LogP contribution in [0.1, 0.15) is 11.3 Å². The number of ether oxygens (including phenoxy) is 2. The fraction of sp³-hybridized carbons (Fsp3) is 0.0667. The molecule has 5 rings (SSSR count). The van der Waals surface area contributed by atoms with Gasteiger partial charge in [0.25, 0.3) is 5.69 Å². The van der Waals surface area contributed by atoms with E-state index in [0.717, 1.165) is 11.1 Å². The van der Waals surface area contributed by atoms with Crippen LogP contribution >= 0.6 is 11.6 Å². The number of nitro benzene ring substituents is 1. The maximum Gasteiger partial charge on any atom is 0.288 e. The van der Waals surface area contributed by atoms with E-state index in [1.165, 1.54) is 18.3 Å². The molecular formula is C30H20ClN3O6. The van der Waals surface area contributed by atoms with E-state index < -0.39 is 4.92 Å². The van der Waals surface area contributed by atoms with E-state index in [1.54, 1.807) is 56.7 Å². The van der Waals surface area contributed by atoms with Gasteiger partial charge < -0.3 is 18.3 Å². The first-order valence-corrected chi connectivity index (χ1v) is 12.2. The van der Waals surface area contributed by atoms with Crippen molar-refractivity contribution in [1.82, 2.24) is 0 Å². The Hall–Kier alpha value is -5.33. The molecule has 0 spiro atoms. The number of rotatable bonds is 8. The molecular weight excluding hydrogens is 534 g/mol. The van der Waals surface area contributed by atoms with Crippen LogP contribution in [-0.2, 0) is 0 Å². The van der Waals surface area contributed by atoms with Gasteiger partial charge >= 0.3 is 0 Å². The van der Waals surface area contributed by atoms with Gasteiger partial charge in [0.1, 0.15) is 45.4 Å². The van der Waals surface area contributed by atoms with Gasteiger partial charge in [-0.25, -0.2) is 4.99 Å². The topological polar surface area (TPSA) is 124 Å². The number of methoxy groups -OCH3 is 2. The Morgan fingerprint density at radius 3 is 2.12 bits per heavy atom. The molecule has 0 saturated carbocycles. The number of nitro groups is 1. The van der Waals surface area contributed by atoms with Crippen LogP contribution in [0.4, 0.5) is 11.6 Å². The SMILES string of the molecule is COc1ccc(-c2oc(/N=C/c3ccc(-c4ccc(Cl)c([N+](=O)[O-])c4)o3)c(C#N)c2-c2ccc(OC)cc2)cc1. The first kappa shape index (κ1) is 26.3. The molecule has 0 saturated heterocycles. The van der Waals surface area contributed by atoms with E-state index in [1.807, 2.05) is 24.3 Å². The number of nitriles is 1. The smallest absolute Gasteiger partial charge is 0.288 e. The van der Waals surface area contributed by atoms with Gasteiger partial charge in [0.2, 0.25) is 5.88 Å². The zero-order valence-corrected chi connectivity index (χ0v) is 22.0. The number of aliphatic imine (C=N–C) groups is 1. The number of furan rings is 2. The number of halogens is 1. The molecule has 5 aromatic rings. The fourth-order valence-corrected chi connectivity index (χ4v) is 4.28. The quantitative estimate of drug-likeness (QED) is 0.108. The molecule has 0 fully saturated rings. The Morgan fingerprint density at radius 1 is 0.900 bits per heavy atom. The predicted octanol–water partition coefficient (Wildman–Crippen LogP) is 8.07. The third kappa shape index (κ3) is 5.16. The van der Waals surface area contributed by atoms with Crippen LogP contribution in [0.5, 0.6) is 11.5 Å². The predicted molar refractivity (Wildman–Crippen MR) is 150 cm³/mol. The molecule has 10 heteroatoms. The molecule has 40 heavy (non-hydrogen) atoms. The molecule has 0 amide bonds. The molecule has 0 atom stereocenters. The lowest BCUT2D eigenvalue weighted by Gasteiger charge is -2.06. The second-order valence-electron chi connectivity index (χ2n) is 8.44. The minimum Gasteiger partial charge on any atom is -0.497 e. The Kier molecular flexibility index (Phi) is 7.35. The largest absolute Gasteiger partial charge is 0.497 e. The van der Waals surface area contributed by atoms with Gasteiger partial charge in [-0.05, 0) is 66.2 Å². The summed E-state index contributed by atoms with van der Waals surface area (Å²) in [4.78, 5) is 15.1. The zero-order valence-electron chi connectivity index (χ0n) is 21.3. The molecule has 0 bridgehead atoms. The molecule has 0 N–H and O–H groups in total. The van der Waals surface area contributed by atoms with Crippen molar-refractivity contribution in [2.45, 2.75) is 0 Å². The van der Waals surface area contributed by atoms with Crippen LogP contribution in [0.15, 0.2) is 92.7 Å². The summed E-state index contributed by atoms with van der Waals surface area (Å²) in [5, 5.41) is 21.4. The van der Waals surface area contributed by atoms with Gasteiger partial charge in [0, 0.05) is 22.8 Å². The molecule has 0 aliphatic heterocycles. The van der Waals surface area contributed by atoms with Crippen LogP contribution in [0.3, 0.4) is 0 Å². The summed E-state index contributed by atoms with van der Waals surface area (Å²) in [6.07, 6.45) is 1.42. The van der Waals surface area contributed by atoms with Crippen molar-refractivity contribution in [3.63, 3.8) is 0 Å². The highest BCUT2D eigenvalue weighted by Gasteiger charge is 2.23. The highest BCUT2D eigenvalue weighted by molar-refractivity contribution is 6.32. The van der Waals surface area contributed by atoms with E-state index in [-0.39, 0.29) is 22.2 Å². The molecule has 0 aliphatic rings. The Morgan fingerprint density at radius 2 is 1.52 bits per heavy atom. The maximum atomic E-state index is 11.2. The summed E-state index contributed by atoms with van der Waals surface area (Å²) in [5.74, 6) is 2.66. The Balaban J connectivity index is 1.55. The van der Waals surface area contributed by atoms with Crippen molar-refractivity contribution in [2.75, 3.05) is 14.2 Å². The Bertz CT molecular complexity index is 1760. The lowest BCUT2D eigenvalue weighted by atomic mass is 9.98. The minimum atomic E-state index is -0.557. The summed E-state index contributed by atoms with van der Waals surface area (Å²) in [6, 6.07) is 24.5. The maximum absolute atomic E-state index is 11.2. The van der Waals surface area contributed by atoms with E-state index in [4.69, 9.17) is 29.9 Å². The van der Waals surface area contributed by atoms with Gasteiger partial charge in [0.15, 0.2) is 0 Å². The van der Waals surface area contributed by atoms with Crippen molar-refractivity contribution in [3.05, 3.63) is 105 Å². The van der Waals surface area contributed by atoms with Crippen molar-refractivity contribution < 1.29 is 23.2 Å². The lowest BCUT2D eigenvalue weighted by molar-refractivity contribution is -0.384. The summed E-state index contributed by atoms with van der Waals surface area (Å²) in [5.41, 5.74) is 2.56. The van der Waals surface area contributed by atoms with Crippen LogP contribution in [-0.4, -0.2) is 25.4 Å². The molecule has 9 nitrogen and oxygen atoms in total. The highest BCUT2D eigenvalue weighted by Crippen LogP contribution is 2.43. The van der Waals surface area contributed by atoms with Gasteiger partial charge in [0.05, 0.1) is 25.4 Å². The van der Waals surface area contributed by atoms with Crippen LogP contribution in [0, 0.1) is 21.4 Å². The van der Waals surface area contributed by atoms with Crippen molar-refractivity contribution in [3.8, 4) is 51.3 Å². The minimum absolute atomic E-state index is 0.0317. The molecule has 198 valence electrons. The van der Waals surface area contributed by atoms with E-state index in [9.17, 15) is 15.4 Å². The summed E-state index contributed by atoms with van der Waals surface area (Å²) < 4.78 is 22.5. The average molecular weight is 554 g/mol. The van der Waals surface area contributed by atoms with E-state index in [0.29, 0.717) is 39.9 Å². The van der Waals surface area contributed by atoms with Crippen LogP contribution in [0.25, 0.3) is 33.8 Å². The highest BCUT2D eigenvalue weighted by atomic mass is 35.5. The normalized spacial score (nSPS) is 10.9. The van der Waals surface area contributed by atoms with Gasteiger partial charge in [-0.3, -0.25) is 10.1 Å². The second-order valence-corrected chi connectivity index (χ2v) is 8.85. The third-order valence-electron chi connectivity index (χ3n) is 6.10. The van der Waals surface area contributed by atoms with Crippen molar-refractivity contribution in [1.29, 1.82) is 5.26 Å². The third-order valence-corrected chi connectivity index (χ3v) is 6.42. The second kappa shape index (κ2) is 11.2. The van der Waals surface area contributed by atoms with Crippen molar-refractivity contribution in [2.24, 2.45) is 4.99 Å². The fourth-order valence-electron chi connectivity index (χ4n) is 4.10. The summed E-state index contributed by atoms with van der Waals surface area (Å²) >= 11 is 5.92. The van der Waals surface area contributed by atoms with E-state index in [2.05, 4.69) is 11.1 Å². The molecule has 0 radical (unpaired) electrons. The van der Waals surface area contributed by atoms with Gasteiger partial charge in [-0.15, -0.1) is 0 Å². The number of hydrogen-bond acceptors (Lipinski definition) is 8. The number of nitrogens with zero attached hydrogens (tertiary/aromatic N) is 3. The average Bonchev–Trinajstić information content (AvgIpc) is 3.61. The van der Waals surface area contributed by atoms with Crippen LogP contribution < -0.4 is 9.47 Å². The monoisotopic (exact) mass is 553 g/mol. The molecule has 2 heterocycles. The van der Waals surface area contributed by atoms with Crippen molar-refractivity contribution >= 4 is 29.4 Å². The van der Waals surface area contributed by atoms with Crippen LogP contribution in [0.2, 0.25) is 5.02 Å². The van der Waals surface area contributed by atoms with E-state index >= 15 is 0 Å². The molecule has 3 aromatic carbocycles. The first-order valence-electron chi connectivity index (χ1n) is 11.9. The standard InChI is InChI=1S/C30H20ClN3O6/c1-37-21-8-3-18(4-9-21)28-24(16-32)30(40-29(28)19-5-10-22(38-2)11-6-19)33-17-23-12-14-27(39-23)20-7-13-25(31)26(15-20)34(35)36/h3-15,17H,1-2H3/b33-17+. The van der Waals surface area contributed by atoms with Gasteiger partial charge in [-0.2, -0.15) is 5.26 Å². The zero-order chi connectivity index (χ0) is 28.2. The van der Waals surface area contributed by atoms with Gasteiger partial charge in [-0.1, -0.05) is 23.7 Å². The first-order chi connectivity index (χ1) is 19.4. The molecule has 2 aromatic heterocycles. The number of benzene rings is 3. The lowest BCUT2D eigenvalue weighted by Crippen LogP contribution is -1.89. The summed E-state index contributed by atoms with van der Waals surface area (Å²) in [7, 11) is 3.16. The number of hydrogen-bond donors (Lipinski definition) is 0. The summed E-state index contributed by atoms with van der Waals surface area (Å²) in [6.45, 7) is 0. The Labute approximate surface area is 233 Å². The molecule has 0 unspecified atom stereocenters.